The summed E-state index contributed by atoms with van der Waals surface area (Å²) in [5, 5.41) is 14.6. The lowest BCUT2D eigenvalue weighted by Crippen LogP contribution is -2.49. The molecule has 0 radical (unpaired) electrons. The predicted molar refractivity (Wildman–Crippen MR) is 123 cm³/mol. The Kier molecular flexibility index (Phi) is 9.45. The van der Waals surface area contributed by atoms with Crippen LogP contribution in [0.3, 0.4) is 0 Å². The largest absolute Gasteiger partial charge is 0.356 e. The molecule has 8 nitrogen and oxygen atoms in total. The van der Waals surface area contributed by atoms with Crippen molar-refractivity contribution < 1.29 is 0 Å². The van der Waals surface area contributed by atoms with Gasteiger partial charge < -0.3 is 20.1 Å². The van der Waals surface area contributed by atoms with E-state index in [1.165, 1.54) is 5.56 Å². The highest BCUT2D eigenvalue weighted by Gasteiger charge is 2.20. The van der Waals surface area contributed by atoms with Crippen LogP contribution in [0, 0.1) is 6.92 Å². The summed E-state index contributed by atoms with van der Waals surface area (Å²) in [4.78, 5) is 11.3. The molecule has 0 aromatic carbocycles. The Balaban J connectivity index is 0.00000280. The number of aromatic nitrogens is 4. The number of nitrogens with one attached hydrogen (secondary N) is 2. The van der Waals surface area contributed by atoms with Gasteiger partial charge in [0.1, 0.15) is 18.5 Å². The van der Waals surface area contributed by atoms with Gasteiger partial charge in [-0.05, 0) is 44.2 Å². The van der Waals surface area contributed by atoms with Crippen molar-refractivity contribution in [1.29, 1.82) is 0 Å². The first-order valence-corrected chi connectivity index (χ1v) is 9.72. The second-order valence-electron chi connectivity index (χ2n) is 7.01. The van der Waals surface area contributed by atoms with Crippen LogP contribution in [0.5, 0.6) is 0 Å². The third-order valence-electron chi connectivity index (χ3n) is 4.88. The molecule has 1 aliphatic heterocycles. The molecule has 154 valence electrons. The van der Waals surface area contributed by atoms with Crippen molar-refractivity contribution in [3.8, 4) is 0 Å². The Morgan fingerprint density at radius 2 is 1.93 bits per heavy atom. The number of piperidine rings is 1. The first-order chi connectivity index (χ1) is 13.2. The number of pyridine rings is 1. The van der Waals surface area contributed by atoms with Crippen LogP contribution in [0.1, 0.15) is 31.2 Å². The SMILES string of the molecule is CN=C(NCCCCn1cnnc1)NC1CCN(c2ccc(C)cn2)CC1.I. The van der Waals surface area contributed by atoms with E-state index in [-0.39, 0.29) is 24.0 Å². The minimum Gasteiger partial charge on any atom is -0.356 e. The zero-order chi connectivity index (χ0) is 18.9. The van der Waals surface area contributed by atoms with Crippen molar-refractivity contribution in [3.05, 3.63) is 36.5 Å². The number of anilines is 1. The molecule has 1 saturated heterocycles. The van der Waals surface area contributed by atoms with E-state index in [2.05, 4.69) is 54.8 Å². The molecule has 28 heavy (non-hydrogen) atoms. The molecule has 0 saturated carbocycles. The molecule has 2 N–H and O–H groups in total. The maximum atomic E-state index is 4.54. The van der Waals surface area contributed by atoms with Gasteiger partial charge in [-0.15, -0.1) is 34.2 Å². The fraction of sp³-hybridized carbons (Fsp3) is 0.579. The lowest BCUT2D eigenvalue weighted by molar-refractivity contribution is 0.459. The third-order valence-corrected chi connectivity index (χ3v) is 4.88. The molecular weight excluding hydrogens is 467 g/mol. The minimum atomic E-state index is 0. The Morgan fingerprint density at radius 1 is 1.18 bits per heavy atom. The number of hydrogen-bond donors (Lipinski definition) is 2. The van der Waals surface area contributed by atoms with Gasteiger partial charge in [0.2, 0.25) is 0 Å². The van der Waals surface area contributed by atoms with E-state index in [1.807, 2.05) is 17.8 Å². The Morgan fingerprint density at radius 3 is 2.57 bits per heavy atom. The topological polar surface area (TPSA) is 83.3 Å². The summed E-state index contributed by atoms with van der Waals surface area (Å²) in [5.41, 5.74) is 1.20. The number of guanidine groups is 1. The molecule has 0 spiro atoms. The Labute approximate surface area is 184 Å². The van der Waals surface area contributed by atoms with Gasteiger partial charge in [0.25, 0.3) is 0 Å². The van der Waals surface area contributed by atoms with E-state index in [0.717, 1.165) is 63.6 Å². The van der Waals surface area contributed by atoms with Gasteiger partial charge >= 0.3 is 0 Å². The molecular formula is C19H31IN8. The van der Waals surface area contributed by atoms with Crippen molar-refractivity contribution in [2.75, 3.05) is 31.6 Å². The van der Waals surface area contributed by atoms with Gasteiger partial charge in [-0.1, -0.05) is 6.07 Å². The van der Waals surface area contributed by atoms with E-state index < -0.39 is 0 Å². The number of unbranched alkanes of at least 4 members (excludes halogenated alkanes) is 1. The summed E-state index contributed by atoms with van der Waals surface area (Å²) in [6.07, 6.45) is 9.79. The van der Waals surface area contributed by atoms with E-state index >= 15 is 0 Å². The van der Waals surface area contributed by atoms with Gasteiger partial charge in [-0.25, -0.2) is 4.98 Å². The molecule has 9 heteroatoms. The van der Waals surface area contributed by atoms with Gasteiger partial charge in [0.15, 0.2) is 5.96 Å². The molecule has 2 aromatic heterocycles. The van der Waals surface area contributed by atoms with Crippen LogP contribution in [0.25, 0.3) is 0 Å². The molecule has 0 bridgehead atoms. The highest BCUT2D eigenvalue weighted by molar-refractivity contribution is 14.0. The quantitative estimate of drug-likeness (QED) is 0.264. The highest BCUT2D eigenvalue weighted by Crippen LogP contribution is 2.17. The number of rotatable bonds is 7. The maximum absolute atomic E-state index is 4.54. The lowest BCUT2D eigenvalue weighted by atomic mass is 10.1. The first-order valence-electron chi connectivity index (χ1n) is 9.72. The first kappa shape index (κ1) is 22.4. The summed E-state index contributed by atoms with van der Waals surface area (Å²) in [7, 11) is 1.83. The monoisotopic (exact) mass is 498 g/mol. The van der Waals surface area contributed by atoms with Gasteiger partial charge in [-0.3, -0.25) is 4.99 Å². The summed E-state index contributed by atoms with van der Waals surface area (Å²) in [5.74, 6) is 1.97. The zero-order valence-electron chi connectivity index (χ0n) is 16.7. The van der Waals surface area contributed by atoms with Crippen LogP contribution >= 0.6 is 24.0 Å². The van der Waals surface area contributed by atoms with Crippen molar-refractivity contribution in [3.63, 3.8) is 0 Å². The van der Waals surface area contributed by atoms with Crippen LogP contribution in [0.15, 0.2) is 36.0 Å². The summed E-state index contributed by atoms with van der Waals surface area (Å²) in [6.45, 7) is 5.97. The van der Waals surface area contributed by atoms with Crippen LogP contribution < -0.4 is 15.5 Å². The number of hydrogen-bond acceptors (Lipinski definition) is 5. The third kappa shape index (κ3) is 6.92. The number of nitrogens with zero attached hydrogens (tertiary/aromatic N) is 6. The van der Waals surface area contributed by atoms with Crippen LogP contribution in [-0.2, 0) is 6.54 Å². The molecule has 2 aromatic rings. The molecule has 1 fully saturated rings. The van der Waals surface area contributed by atoms with E-state index in [0.29, 0.717) is 6.04 Å². The predicted octanol–water partition coefficient (Wildman–Crippen LogP) is 2.21. The van der Waals surface area contributed by atoms with Gasteiger partial charge in [0.05, 0.1) is 0 Å². The average molecular weight is 498 g/mol. The lowest BCUT2D eigenvalue weighted by Gasteiger charge is -2.33. The fourth-order valence-corrected chi connectivity index (χ4v) is 3.25. The van der Waals surface area contributed by atoms with E-state index in [1.54, 1.807) is 12.7 Å². The normalized spacial score (nSPS) is 15.2. The molecule has 0 atom stereocenters. The van der Waals surface area contributed by atoms with Crippen molar-refractivity contribution in [2.24, 2.45) is 4.99 Å². The zero-order valence-corrected chi connectivity index (χ0v) is 19.0. The maximum Gasteiger partial charge on any atom is 0.191 e. The molecule has 3 rings (SSSR count). The number of halogens is 1. The number of aryl methyl sites for hydroxylation is 2. The number of aliphatic imine (C=N–C) groups is 1. The van der Waals surface area contributed by atoms with Gasteiger partial charge in [0, 0.05) is 45.5 Å². The fourth-order valence-electron chi connectivity index (χ4n) is 3.25. The highest BCUT2D eigenvalue weighted by atomic mass is 127. The van der Waals surface area contributed by atoms with Crippen LogP contribution in [-0.4, -0.2) is 58.4 Å². The van der Waals surface area contributed by atoms with E-state index in [4.69, 9.17) is 0 Å². The van der Waals surface area contributed by atoms with Crippen molar-refractivity contribution >= 4 is 35.8 Å². The molecule has 3 heterocycles. The second-order valence-corrected chi connectivity index (χ2v) is 7.01. The summed E-state index contributed by atoms with van der Waals surface area (Å²) in [6, 6.07) is 4.69. The Bertz CT molecular complexity index is 693. The van der Waals surface area contributed by atoms with Crippen LogP contribution in [0.4, 0.5) is 5.82 Å². The van der Waals surface area contributed by atoms with E-state index in [9.17, 15) is 0 Å². The molecule has 1 aliphatic rings. The second kappa shape index (κ2) is 11.8. The average Bonchev–Trinajstić information content (AvgIpc) is 3.21. The molecule has 0 amide bonds. The smallest absolute Gasteiger partial charge is 0.191 e. The minimum absolute atomic E-state index is 0. The van der Waals surface area contributed by atoms with Crippen LogP contribution in [0.2, 0.25) is 0 Å². The summed E-state index contributed by atoms with van der Waals surface area (Å²) < 4.78 is 2.00. The van der Waals surface area contributed by atoms with Crippen molar-refractivity contribution in [2.45, 2.75) is 45.2 Å². The molecule has 0 aliphatic carbocycles. The molecule has 0 unspecified atom stereocenters. The van der Waals surface area contributed by atoms with Crippen molar-refractivity contribution in [1.82, 2.24) is 30.4 Å². The van der Waals surface area contributed by atoms with Gasteiger partial charge in [-0.2, -0.15) is 0 Å². The standard InChI is InChI=1S/C19H30N8.HI/c1-16-5-6-18(22-13-16)27-11-7-17(8-12-27)25-19(20-2)21-9-3-4-10-26-14-23-24-15-26;/h5-6,13-15,17H,3-4,7-12H2,1-2H3,(H2,20,21,25);1H. The Hall–Kier alpha value is -1.91. The summed E-state index contributed by atoms with van der Waals surface area (Å²) >= 11 is 0.